The van der Waals surface area contributed by atoms with Crippen molar-refractivity contribution in [2.24, 2.45) is 0 Å². The van der Waals surface area contributed by atoms with Crippen LogP contribution >= 0.6 is 0 Å². The molecule has 1 amide bonds. The van der Waals surface area contributed by atoms with Crippen molar-refractivity contribution in [3.8, 4) is 23.0 Å². The minimum absolute atomic E-state index is 0.0294. The zero-order chi connectivity index (χ0) is 35.1. The Morgan fingerprint density at radius 1 is 0.688 bits per heavy atom. The van der Waals surface area contributed by atoms with Crippen molar-refractivity contribution in [1.29, 1.82) is 0 Å². The minimum atomic E-state index is -0.744. The molecule has 0 aromatic heterocycles. The molecule has 0 radical (unpaired) electrons. The molecule has 0 bridgehead atoms. The first kappa shape index (κ1) is 37.6. The Morgan fingerprint density at radius 3 is 1.54 bits per heavy atom. The van der Waals surface area contributed by atoms with E-state index in [9.17, 15) is 25.2 Å². The Hall–Kier alpha value is -4.81. The van der Waals surface area contributed by atoms with Gasteiger partial charge in [0, 0.05) is 25.2 Å². The first-order valence-corrected chi connectivity index (χ1v) is 15.7. The van der Waals surface area contributed by atoms with Crippen LogP contribution < -0.4 is 31.2 Å². The number of methoxy groups -OCH3 is 2. The summed E-state index contributed by atoms with van der Waals surface area (Å²) in [5.41, 5.74) is 9.88. The molecule has 4 rings (SSSR count). The van der Waals surface area contributed by atoms with Crippen LogP contribution in [0.1, 0.15) is 48.3 Å². The maximum Gasteiger partial charge on any atom is 0.211 e. The molecule has 4 aromatic carbocycles. The molecule has 0 aliphatic rings. The molecular formula is C37H48N4O7. The van der Waals surface area contributed by atoms with Crippen LogP contribution in [0.25, 0.3) is 0 Å². The van der Waals surface area contributed by atoms with Crippen LogP contribution in [0.3, 0.4) is 0 Å². The SMILES string of the molecule is COc1ccc(C[C@@H](C)NCC(O)c2ccc(O)c(N)c2)cc1.COc1ccc(C[C@@H](C)NCC(O)c2ccc(O)c(NC=O)c2)cc1. The molecule has 2 unspecified atom stereocenters. The number of amides is 1. The van der Waals surface area contributed by atoms with Gasteiger partial charge in [-0.15, -0.1) is 0 Å². The lowest BCUT2D eigenvalue weighted by atomic mass is 10.1. The van der Waals surface area contributed by atoms with E-state index >= 15 is 0 Å². The molecule has 0 aliphatic carbocycles. The second-order valence-corrected chi connectivity index (χ2v) is 11.6. The Balaban J connectivity index is 0.000000261. The van der Waals surface area contributed by atoms with Crippen molar-refractivity contribution in [2.45, 2.75) is 51.0 Å². The third-order valence-corrected chi connectivity index (χ3v) is 7.78. The molecular weight excluding hydrogens is 612 g/mol. The molecule has 0 spiro atoms. The molecule has 258 valence electrons. The van der Waals surface area contributed by atoms with E-state index in [2.05, 4.69) is 22.9 Å². The largest absolute Gasteiger partial charge is 0.506 e. The number of ether oxygens (including phenoxy) is 2. The molecule has 4 atom stereocenters. The summed E-state index contributed by atoms with van der Waals surface area (Å²) in [5.74, 6) is 1.66. The Morgan fingerprint density at radius 2 is 1.12 bits per heavy atom. The van der Waals surface area contributed by atoms with Gasteiger partial charge in [0.05, 0.1) is 37.8 Å². The van der Waals surface area contributed by atoms with Crippen molar-refractivity contribution < 1.29 is 34.7 Å². The number of nitrogen functional groups attached to an aromatic ring is 1. The molecule has 0 fully saturated rings. The molecule has 11 nitrogen and oxygen atoms in total. The number of aromatic hydroxyl groups is 2. The van der Waals surface area contributed by atoms with Crippen LogP contribution in [-0.2, 0) is 17.6 Å². The Labute approximate surface area is 282 Å². The molecule has 9 N–H and O–H groups in total. The topological polar surface area (TPSA) is 179 Å². The van der Waals surface area contributed by atoms with E-state index in [1.54, 1.807) is 38.5 Å². The molecule has 0 saturated heterocycles. The van der Waals surface area contributed by atoms with Gasteiger partial charge in [0.1, 0.15) is 23.0 Å². The molecule has 0 saturated carbocycles. The highest BCUT2D eigenvalue weighted by Crippen LogP contribution is 2.27. The minimum Gasteiger partial charge on any atom is -0.506 e. The first-order chi connectivity index (χ1) is 23.0. The first-order valence-electron chi connectivity index (χ1n) is 15.7. The second kappa shape index (κ2) is 19.1. The summed E-state index contributed by atoms with van der Waals surface area (Å²) in [4.78, 5) is 10.5. The Kier molecular flexibility index (Phi) is 15.0. The average Bonchev–Trinajstić information content (AvgIpc) is 3.09. The zero-order valence-corrected chi connectivity index (χ0v) is 27.9. The lowest BCUT2D eigenvalue weighted by Gasteiger charge is -2.18. The Bertz CT molecular complexity index is 1550. The maximum absolute atomic E-state index is 10.5. The van der Waals surface area contributed by atoms with Crippen molar-refractivity contribution in [3.05, 3.63) is 107 Å². The monoisotopic (exact) mass is 660 g/mol. The van der Waals surface area contributed by atoms with Gasteiger partial charge in [0.25, 0.3) is 0 Å². The van der Waals surface area contributed by atoms with Crippen molar-refractivity contribution in [1.82, 2.24) is 10.6 Å². The highest BCUT2D eigenvalue weighted by Gasteiger charge is 2.13. The highest BCUT2D eigenvalue weighted by molar-refractivity contribution is 5.75. The number of hydrogen-bond acceptors (Lipinski definition) is 10. The van der Waals surface area contributed by atoms with Crippen LogP contribution in [0.15, 0.2) is 84.9 Å². The number of aliphatic hydroxyl groups excluding tert-OH is 2. The highest BCUT2D eigenvalue weighted by atomic mass is 16.5. The fourth-order valence-electron chi connectivity index (χ4n) is 4.96. The van der Waals surface area contributed by atoms with Gasteiger partial charge in [-0.1, -0.05) is 36.4 Å². The van der Waals surface area contributed by atoms with E-state index in [-0.39, 0.29) is 35.0 Å². The lowest BCUT2D eigenvalue weighted by molar-refractivity contribution is -0.105. The number of nitrogens with two attached hydrogens (primary N) is 1. The van der Waals surface area contributed by atoms with Crippen molar-refractivity contribution in [2.75, 3.05) is 38.4 Å². The molecule has 4 aromatic rings. The van der Waals surface area contributed by atoms with Gasteiger partial charge in [-0.05, 0) is 97.5 Å². The van der Waals surface area contributed by atoms with Crippen molar-refractivity contribution in [3.63, 3.8) is 0 Å². The van der Waals surface area contributed by atoms with Gasteiger partial charge in [-0.3, -0.25) is 4.79 Å². The average molecular weight is 661 g/mol. The number of hydrogen-bond donors (Lipinski definition) is 8. The summed E-state index contributed by atoms with van der Waals surface area (Å²) in [7, 11) is 3.29. The van der Waals surface area contributed by atoms with Crippen LogP contribution in [0.4, 0.5) is 11.4 Å². The summed E-state index contributed by atoms with van der Waals surface area (Å²) in [6.07, 6.45) is 0.751. The number of aliphatic hydroxyl groups is 2. The van der Waals surface area contributed by atoms with Gasteiger partial charge in [0.2, 0.25) is 6.41 Å². The van der Waals surface area contributed by atoms with Gasteiger partial charge >= 0.3 is 0 Å². The fraction of sp³-hybridized carbons (Fsp3) is 0.324. The summed E-state index contributed by atoms with van der Waals surface area (Å²) >= 11 is 0. The van der Waals surface area contributed by atoms with Gasteiger partial charge in [-0.25, -0.2) is 0 Å². The number of nitrogens with one attached hydrogen (secondary N) is 3. The molecule has 0 heterocycles. The number of carbonyl (C=O) groups excluding carboxylic acids is 1. The van der Waals surface area contributed by atoms with E-state index < -0.39 is 12.2 Å². The van der Waals surface area contributed by atoms with Gasteiger partial charge in [-0.2, -0.15) is 0 Å². The van der Waals surface area contributed by atoms with Crippen LogP contribution in [0.2, 0.25) is 0 Å². The predicted octanol–water partition coefficient (Wildman–Crippen LogP) is 4.46. The molecule has 11 heteroatoms. The number of rotatable bonds is 16. The normalized spacial score (nSPS) is 13.3. The summed E-state index contributed by atoms with van der Waals surface area (Å²) < 4.78 is 10.3. The van der Waals surface area contributed by atoms with Crippen LogP contribution in [-0.4, -0.2) is 66.2 Å². The van der Waals surface area contributed by atoms with E-state index in [1.165, 1.54) is 23.3 Å². The van der Waals surface area contributed by atoms with Gasteiger partial charge in [0.15, 0.2) is 0 Å². The maximum atomic E-state index is 10.5. The predicted molar refractivity (Wildman–Crippen MR) is 189 cm³/mol. The summed E-state index contributed by atoms with van der Waals surface area (Å²) in [5, 5.41) is 48.6. The van der Waals surface area contributed by atoms with Gasteiger partial charge < -0.3 is 51.6 Å². The third-order valence-electron chi connectivity index (χ3n) is 7.78. The number of phenolic OH excluding ortho intramolecular Hbond substituents is 2. The quantitative estimate of drug-likeness (QED) is 0.0486. The smallest absolute Gasteiger partial charge is 0.211 e. The number of anilines is 2. The lowest BCUT2D eigenvalue weighted by Crippen LogP contribution is -2.32. The zero-order valence-electron chi connectivity index (χ0n) is 27.9. The van der Waals surface area contributed by atoms with Crippen LogP contribution in [0, 0.1) is 0 Å². The number of phenols is 2. The third kappa shape index (κ3) is 12.1. The van der Waals surface area contributed by atoms with Crippen LogP contribution in [0.5, 0.6) is 23.0 Å². The fourth-order valence-corrected chi connectivity index (χ4v) is 4.96. The van der Waals surface area contributed by atoms with E-state index in [0.29, 0.717) is 30.6 Å². The second-order valence-electron chi connectivity index (χ2n) is 11.6. The number of benzene rings is 4. The van der Waals surface area contributed by atoms with E-state index in [1.807, 2.05) is 55.5 Å². The van der Waals surface area contributed by atoms with E-state index in [0.717, 1.165) is 24.3 Å². The standard InChI is InChI=1S/C19H24N2O4.C18H24N2O3/c1-13(9-14-3-6-16(25-2)7-4-14)20-11-19(24)15-5-8-18(23)17(10-15)21-12-22;1-12(9-13-3-6-15(23-2)7-4-13)20-11-18(22)14-5-8-17(21)16(19)10-14/h3-8,10,12-13,19-20,23-24H,9,11H2,1-2H3,(H,21,22);3-8,10,12,18,20-22H,9,11,19H2,1-2H3/t13-,19?;12-,18?/m11/s1. The summed E-state index contributed by atoms with van der Waals surface area (Å²) in [6.45, 7) is 4.90. The van der Waals surface area contributed by atoms with E-state index in [4.69, 9.17) is 15.2 Å². The number of carbonyl (C=O) groups is 1. The molecule has 0 aliphatic heterocycles. The molecule has 48 heavy (non-hydrogen) atoms. The van der Waals surface area contributed by atoms with Crippen molar-refractivity contribution >= 4 is 17.8 Å². The summed E-state index contributed by atoms with van der Waals surface area (Å²) in [6, 6.07) is 25.6.